The first-order valence-corrected chi connectivity index (χ1v) is 23.3. The van der Waals surface area contributed by atoms with E-state index in [0.29, 0.717) is 0 Å². The summed E-state index contributed by atoms with van der Waals surface area (Å²) < 4.78 is 32.5. The maximum absolute atomic E-state index is 12.3. The first-order chi connectivity index (χ1) is 17.4. The first-order valence-electron chi connectivity index (χ1n) is 12.7. The molecular weight excluding hydrogens is 706 g/mol. The number of carbonyl (C=O) groups excluding carboxylic acids is 6. The minimum atomic E-state index is -5.18. The van der Waals surface area contributed by atoms with E-state index >= 15 is 0 Å². The fourth-order valence-corrected chi connectivity index (χ4v) is 17.7. The summed E-state index contributed by atoms with van der Waals surface area (Å²) in [6.07, 6.45) is 0.231. The normalized spacial score (nSPS) is 12.1. The average molecular weight is 746 g/mol. The summed E-state index contributed by atoms with van der Waals surface area (Å²) in [5.74, 6) is -4.03. The summed E-state index contributed by atoms with van der Waals surface area (Å²) >= 11 is -10.3. The average Bonchev–Trinajstić information content (AvgIpc) is 2.87. The molecule has 0 rings (SSSR count). The first kappa shape index (κ1) is 35.4. The van der Waals surface area contributed by atoms with Crippen molar-refractivity contribution in [3.63, 3.8) is 0 Å². The molecule has 12 nitrogen and oxygen atoms in total. The molecule has 0 heterocycles. The summed E-state index contributed by atoms with van der Waals surface area (Å²) in [5, 5.41) is 0. The Kier molecular flexibility index (Phi) is 17.1. The van der Waals surface area contributed by atoms with E-state index in [0.717, 1.165) is 0 Å². The Hall–Kier alpha value is -1.58. The second-order valence-corrected chi connectivity index (χ2v) is 23.1. The molecule has 0 fully saturated rings. The van der Waals surface area contributed by atoms with Crippen LogP contribution in [0.3, 0.4) is 0 Å². The summed E-state index contributed by atoms with van der Waals surface area (Å²) in [6.45, 7) is 11.0. The fraction of sp³-hybridized carbons (Fsp3) is 0.739. The van der Waals surface area contributed by atoms with Gasteiger partial charge in [0.2, 0.25) is 0 Å². The van der Waals surface area contributed by atoms with E-state index in [2.05, 4.69) is 0 Å². The molecule has 0 aliphatic carbocycles. The molecule has 0 aromatic carbocycles. The van der Waals surface area contributed by atoms with Crippen molar-refractivity contribution in [2.75, 3.05) is 0 Å². The predicted molar refractivity (Wildman–Crippen MR) is 133 cm³/mol. The molecule has 37 heavy (non-hydrogen) atoms. The molecule has 0 aliphatic rings. The van der Waals surface area contributed by atoms with E-state index in [1.165, 1.54) is 0 Å². The second-order valence-electron chi connectivity index (χ2n) is 8.05. The molecule has 0 aromatic heterocycles. The zero-order valence-electron chi connectivity index (χ0n) is 22.8. The van der Waals surface area contributed by atoms with E-state index in [-0.39, 0.29) is 55.8 Å². The summed E-state index contributed by atoms with van der Waals surface area (Å²) in [4.78, 5) is 73.3. The number of hydrogen-bond acceptors (Lipinski definition) is 12. The van der Waals surface area contributed by atoms with E-state index in [1.807, 2.05) is 0 Å². The zero-order chi connectivity index (χ0) is 28.6. The van der Waals surface area contributed by atoms with Crippen molar-refractivity contribution in [2.45, 2.75) is 108 Å². The summed E-state index contributed by atoms with van der Waals surface area (Å²) in [5.41, 5.74) is 0. The molecule has 0 amide bonds. The molecule has 14 heteroatoms. The fourth-order valence-electron chi connectivity index (χ4n) is 2.81. The molecule has 0 radical (unpaired) electrons. The third-order valence-electron chi connectivity index (χ3n) is 5.03. The Labute approximate surface area is 229 Å². The van der Waals surface area contributed by atoms with Crippen LogP contribution in [0.1, 0.15) is 99.8 Å². The molecule has 1 unspecified atom stereocenters. The van der Waals surface area contributed by atoms with Crippen LogP contribution < -0.4 is 0 Å². The van der Waals surface area contributed by atoms with Gasteiger partial charge in [0.05, 0.1) is 0 Å². The van der Waals surface area contributed by atoms with E-state index in [4.69, 9.17) is 18.4 Å². The van der Waals surface area contributed by atoms with Crippen molar-refractivity contribution in [3.8, 4) is 0 Å². The van der Waals surface area contributed by atoms with Crippen LogP contribution in [0, 0.1) is 0 Å². The second kappa shape index (κ2) is 17.8. The molecule has 0 spiro atoms. The van der Waals surface area contributed by atoms with Gasteiger partial charge in [0.1, 0.15) is 0 Å². The van der Waals surface area contributed by atoms with Gasteiger partial charge in [0.25, 0.3) is 0 Å². The van der Waals surface area contributed by atoms with Gasteiger partial charge in [-0.3, -0.25) is 0 Å². The van der Waals surface area contributed by atoms with Crippen LogP contribution in [-0.2, 0) is 47.2 Å². The zero-order valence-corrected chi connectivity index (χ0v) is 28.5. The summed E-state index contributed by atoms with van der Waals surface area (Å²) in [7, 11) is 0. The SMILES string of the molecule is CCC(=O)[O][Sn]([CH2]CC[CH](C)[Sn]([O]C(=O)CC)([O]C(=O)CC)[O]C(=O)CC)([O]C(=O)CC)[O]C(=O)CC. The molecule has 0 saturated heterocycles. The predicted octanol–water partition coefficient (Wildman–Crippen LogP) is 3.75. The Morgan fingerprint density at radius 1 is 0.514 bits per heavy atom. The minimum absolute atomic E-state index is 0.0190. The monoisotopic (exact) mass is 748 g/mol. The maximum atomic E-state index is 12.3. The topological polar surface area (TPSA) is 158 Å². The van der Waals surface area contributed by atoms with E-state index < -0.39 is 79.0 Å². The van der Waals surface area contributed by atoms with Gasteiger partial charge in [0.15, 0.2) is 0 Å². The Balaban J connectivity index is 6.13. The van der Waals surface area contributed by atoms with E-state index in [9.17, 15) is 28.8 Å². The van der Waals surface area contributed by atoms with Gasteiger partial charge < -0.3 is 0 Å². The van der Waals surface area contributed by atoms with Gasteiger partial charge in [-0.1, -0.05) is 0 Å². The standard InChI is InChI=1S/C5H10.6C3H6O2.2Sn/c1-3-5-4-2;6*1-2-3(4)5;;/h4H,1,3,5H2,2H3;6*2H2,1H3,(H,4,5);;/q;;;;;;;2*+3/p-6. The molecular formula is C23H40O12Sn2. The van der Waals surface area contributed by atoms with Crippen LogP contribution in [0.4, 0.5) is 0 Å². The molecule has 0 saturated carbocycles. The van der Waals surface area contributed by atoms with Crippen LogP contribution in [0.15, 0.2) is 0 Å². The number of rotatable bonds is 17. The van der Waals surface area contributed by atoms with Crippen molar-refractivity contribution in [1.29, 1.82) is 0 Å². The number of hydrogen-bond donors (Lipinski definition) is 0. The Bertz CT molecular complexity index is 722. The van der Waals surface area contributed by atoms with Gasteiger partial charge in [-0.15, -0.1) is 0 Å². The van der Waals surface area contributed by atoms with Crippen molar-refractivity contribution < 1.29 is 47.2 Å². The van der Waals surface area contributed by atoms with Crippen molar-refractivity contribution in [1.82, 2.24) is 0 Å². The van der Waals surface area contributed by atoms with Crippen LogP contribution in [0.5, 0.6) is 0 Å². The number of carbonyl (C=O) groups is 6. The van der Waals surface area contributed by atoms with Crippen LogP contribution in [-0.4, -0.2) is 75.1 Å². The quantitative estimate of drug-likeness (QED) is 0.199. The van der Waals surface area contributed by atoms with Gasteiger partial charge in [0, 0.05) is 0 Å². The molecule has 1 atom stereocenters. The van der Waals surface area contributed by atoms with E-state index in [1.54, 1.807) is 48.5 Å². The Morgan fingerprint density at radius 2 is 0.784 bits per heavy atom. The third kappa shape index (κ3) is 12.7. The van der Waals surface area contributed by atoms with Crippen molar-refractivity contribution >= 4 is 75.1 Å². The Morgan fingerprint density at radius 3 is 1.05 bits per heavy atom. The molecule has 0 bridgehead atoms. The molecule has 0 aromatic rings. The third-order valence-corrected chi connectivity index (χ3v) is 21.1. The van der Waals surface area contributed by atoms with Gasteiger partial charge >= 0.3 is 230 Å². The molecule has 0 aliphatic heterocycles. The van der Waals surface area contributed by atoms with Crippen LogP contribution >= 0.6 is 0 Å². The van der Waals surface area contributed by atoms with Crippen molar-refractivity contribution in [3.05, 3.63) is 0 Å². The van der Waals surface area contributed by atoms with Crippen LogP contribution in [0.25, 0.3) is 0 Å². The summed E-state index contributed by atoms with van der Waals surface area (Å²) in [6, 6.07) is 0. The molecule has 212 valence electrons. The van der Waals surface area contributed by atoms with Gasteiger partial charge in [-0.2, -0.15) is 0 Å². The van der Waals surface area contributed by atoms with Gasteiger partial charge in [-0.25, -0.2) is 0 Å². The van der Waals surface area contributed by atoms with Crippen molar-refractivity contribution in [2.24, 2.45) is 0 Å². The van der Waals surface area contributed by atoms with Gasteiger partial charge in [-0.05, 0) is 0 Å². The van der Waals surface area contributed by atoms with Crippen LogP contribution in [0.2, 0.25) is 8.37 Å². The molecule has 0 N–H and O–H groups in total.